The molecule has 3 atom stereocenters. The third kappa shape index (κ3) is 2.99. The lowest BCUT2D eigenvalue weighted by Crippen LogP contribution is -2.13. The van der Waals surface area contributed by atoms with Gasteiger partial charge >= 0.3 is 5.97 Å². The minimum absolute atomic E-state index is 0.0243. The SMILES string of the molecule is CCCCOC(=O)CC[C@H]1C[C@@H]2CC[C@H]1C2. The van der Waals surface area contributed by atoms with Crippen LogP contribution in [0.3, 0.4) is 0 Å². The summed E-state index contributed by atoms with van der Waals surface area (Å²) in [6, 6.07) is 0. The minimum atomic E-state index is 0.0243. The van der Waals surface area contributed by atoms with Crippen molar-refractivity contribution in [3.8, 4) is 0 Å². The zero-order valence-electron chi connectivity index (χ0n) is 10.4. The van der Waals surface area contributed by atoms with E-state index in [0.717, 1.165) is 37.0 Å². The van der Waals surface area contributed by atoms with Gasteiger partial charge in [0.1, 0.15) is 0 Å². The molecule has 16 heavy (non-hydrogen) atoms. The highest BCUT2D eigenvalue weighted by Gasteiger charge is 2.39. The molecule has 0 N–H and O–H groups in total. The molecule has 2 rings (SSSR count). The summed E-state index contributed by atoms with van der Waals surface area (Å²) in [6.07, 6.45) is 9.51. The van der Waals surface area contributed by atoms with E-state index in [9.17, 15) is 4.79 Å². The monoisotopic (exact) mass is 224 g/mol. The van der Waals surface area contributed by atoms with E-state index in [2.05, 4.69) is 6.92 Å². The van der Waals surface area contributed by atoms with Crippen molar-refractivity contribution in [2.75, 3.05) is 6.61 Å². The first-order chi connectivity index (χ1) is 7.79. The van der Waals surface area contributed by atoms with Crippen LogP contribution >= 0.6 is 0 Å². The Labute approximate surface area is 98.7 Å². The highest BCUT2D eigenvalue weighted by Crippen LogP contribution is 2.49. The van der Waals surface area contributed by atoms with Crippen molar-refractivity contribution in [1.29, 1.82) is 0 Å². The summed E-state index contributed by atoms with van der Waals surface area (Å²) in [7, 11) is 0. The molecule has 2 bridgehead atoms. The van der Waals surface area contributed by atoms with E-state index >= 15 is 0 Å². The fraction of sp³-hybridized carbons (Fsp3) is 0.929. The normalized spacial score (nSPS) is 31.9. The van der Waals surface area contributed by atoms with Crippen molar-refractivity contribution in [2.24, 2.45) is 17.8 Å². The van der Waals surface area contributed by atoms with Crippen molar-refractivity contribution in [2.45, 2.75) is 58.3 Å². The Morgan fingerprint density at radius 3 is 2.81 bits per heavy atom. The average Bonchev–Trinajstić information content (AvgIpc) is 2.88. The molecule has 0 saturated heterocycles. The van der Waals surface area contributed by atoms with Crippen LogP contribution in [0.5, 0.6) is 0 Å². The van der Waals surface area contributed by atoms with Crippen LogP contribution in [-0.4, -0.2) is 12.6 Å². The van der Waals surface area contributed by atoms with Gasteiger partial charge in [-0.15, -0.1) is 0 Å². The first kappa shape index (κ1) is 11.9. The lowest BCUT2D eigenvalue weighted by atomic mass is 9.85. The molecule has 92 valence electrons. The predicted molar refractivity (Wildman–Crippen MR) is 64.0 cm³/mol. The van der Waals surface area contributed by atoms with Crippen molar-refractivity contribution >= 4 is 5.97 Å². The number of hydrogen-bond acceptors (Lipinski definition) is 2. The Morgan fingerprint density at radius 2 is 2.19 bits per heavy atom. The highest BCUT2D eigenvalue weighted by molar-refractivity contribution is 5.69. The second-order valence-corrected chi connectivity index (χ2v) is 5.55. The molecule has 2 nitrogen and oxygen atoms in total. The van der Waals surface area contributed by atoms with Crippen LogP contribution in [-0.2, 0) is 9.53 Å². The van der Waals surface area contributed by atoms with E-state index in [4.69, 9.17) is 4.74 Å². The summed E-state index contributed by atoms with van der Waals surface area (Å²) in [4.78, 5) is 11.5. The second kappa shape index (κ2) is 5.70. The van der Waals surface area contributed by atoms with Crippen molar-refractivity contribution in [1.82, 2.24) is 0 Å². The molecule has 0 spiro atoms. The molecule has 2 fully saturated rings. The van der Waals surface area contributed by atoms with E-state index in [0.29, 0.717) is 13.0 Å². The lowest BCUT2D eigenvalue weighted by Gasteiger charge is -2.20. The third-order valence-corrected chi connectivity index (χ3v) is 4.36. The first-order valence-corrected chi connectivity index (χ1v) is 6.95. The number of rotatable bonds is 6. The van der Waals surface area contributed by atoms with Gasteiger partial charge in [-0.05, 0) is 49.9 Å². The van der Waals surface area contributed by atoms with Gasteiger partial charge in [-0.25, -0.2) is 0 Å². The molecule has 2 aliphatic rings. The van der Waals surface area contributed by atoms with Gasteiger partial charge in [-0.3, -0.25) is 4.79 Å². The summed E-state index contributed by atoms with van der Waals surface area (Å²) >= 11 is 0. The second-order valence-electron chi connectivity index (χ2n) is 5.55. The molecule has 0 amide bonds. The van der Waals surface area contributed by atoms with Crippen molar-refractivity contribution < 1.29 is 9.53 Å². The molecule has 0 aromatic rings. The van der Waals surface area contributed by atoms with Gasteiger partial charge in [-0.2, -0.15) is 0 Å². The number of unbranched alkanes of at least 4 members (excludes halogenated alkanes) is 1. The Morgan fingerprint density at radius 1 is 1.31 bits per heavy atom. The van der Waals surface area contributed by atoms with Crippen molar-refractivity contribution in [3.63, 3.8) is 0 Å². The molecule has 2 heteroatoms. The fourth-order valence-electron chi connectivity index (χ4n) is 3.44. The molecule has 0 aromatic heterocycles. The molecule has 0 radical (unpaired) electrons. The van der Waals surface area contributed by atoms with Gasteiger partial charge in [0.25, 0.3) is 0 Å². The zero-order valence-corrected chi connectivity index (χ0v) is 10.4. The molecule has 0 aromatic carbocycles. The van der Waals surface area contributed by atoms with Crippen LogP contribution in [0.25, 0.3) is 0 Å². The fourth-order valence-corrected chi connectivity index (χ4v) is 3.44. The largest absolute Gasteiger partial charge is 0.466 e. The van der Waals surface area contributed by atoms with E-state index in [-0.39, 0.29) is 5.97 Å². The molecule has 0 aliphatic heterocycles. The molecule has 2 aliphatic carbocycles. The molecular formula is C14H24O2. The lowest BCUT2D eigenvalue weighted by molar-refractivity contribution is -0.144. The molecular weight excluding hydrogens is 200 g/mol. The third-order valence-electron chi connectivity index (χ3n) is 4.36. The van der Waals surface area contributed by atoms with Crippen LogP contribution in [0.2, 0.25) is 0 Å². The predicted octanol–water partition coefficient (Wildman–Crippen LogP) is 3.55. The topological polar surface area (TPSA) is 26.3 Å². The Balaban J connectivity index is 1.59. The van der Waals surface area contributed by atoms with Gasteiger partial charge in [0.05, 0.1) is 6.61 Å². The number of hydrogen-bond donors (Lipinski definition) is 0. The van der Waals surface area contributed by atoms with Gasteiger partial charge in [0.2, 0.25) is 0 Å². The maximum atomic E-state index is 11.5. The maximum Gasteiger partial charge on any atom is 0.305 e. The van der Waals surface area contributed by atoms with E-state index < -0.39 is 0 Å². The molecule has 0 unspecified atom stereocenters. The Kier molecular flexibility index (Phi) is 4.25. The summed E-state index contributed by atoms with van der Waals surface area (Å²) in [5.41, 5.74) is 0. The summed E-state index contributed by atoms with van der Waals surface area (Å²) in [5.74, 6) is 2.79. The molecule has 0 heterocycles. The van der Waals surface area contributed by atoms with Crippen LogP contribution in [0.4, 0.5) is 0 Å². The van der Waals surface area contributed by atoms with Gasteiger partial charge < -0.3 is 4.74 Å². The van der Waals surface area contributed by atoms with E-state index in [1.807, 2.05) is 0 Å². The van der Waals surface area contributed by atoms with Crippen LogP contribution < -0.4 is 0 Å². The Hall–Kier alpha value is -0.530. The first-order valence-electron chi connectivity index (χ1n) is 6.95. The van der Waals surface area contributed by atoms with Crippen LogP contribution in [0.15, 0.2) is 0 Å². The standard InChI is InChI=1S/C14H24O2/c1-2-3-8-16-14(15)7-6-13-10-11-4-5-12(13)9-11/h11-13H,2-10H2,1H3/t11-,12+,13+/m1/s1. The maximum absolute atomic E-state index is 11.5. The quantitative estimate of drug-likeness (QED) is 0.509. The molecule has 2 saturated carbocycles. The van der Waals surface area contributed by atoms with Crippen LogP contribution in [0.1, 0.15) is 58.3 Å². The van der Waals surface area contributed by atoms with E-state index in [1.54, 1.807) is 0 Å². The Bertz CT molecular complexity index is 237. The van der Waals surface area contributed by atoms with Gasteiger partial charge in [0.15, 0.2) is 0 Å². The summed E-state index contributed by atoms with van der Waals surface area (Å²) < 4.78 is 5.18. The highest BCUT2D eigenvalue weighted by atomic mass is 16.5. The number of esters is 1. The number of fused-ring (bicyclic) bond motifs is 2. The number of ether oxygens (including phenoxy) is 1. The van der Waals surface area contributed by atoms with E-state index in [1.165, 1.54) is 25.7 Å². The summed E-state index contributed by atoms with van der Waals surface area (Å²) in [6.45, 7) is 2.73. The van der Waals surface area contributed by atoms with Gasteiger partial charge in [0, 0.05) is 6.42 Å². The van der Waals surface area contributed by atoms with Crippen LogP contribution in [0, 0.1) is 17.8 Å². The number of carbonyl (C=O) groups excluding carboxylic acids is 1. The van der Waals surface area contributed by atoms with Crippen molar-refractivity contribution in [3.05, 3.63) is 0 Å². The number of carbonyl (C=O) groups is 1. The van der Waals surface area contributed by atoms with Gasteiger partial charge in [-0.1, -0.05) is 19.8 Å². The minimum Gasteiger partial charge on any atom is -0.466 e. The summed E-state index contributed by atoms with van der Waals surface area (Å²) in [5, 5.41) is 0. The zero-order chi connectivity index (χ0) is 11.4. The smallest absolute Gasteiger partial charge is 0.305 e. The average molecular weight is 224 g/mol.